The molecule has 1 heterocycles. The lowest BCUT2D eigenvalue weighted by Crippen LogP contribution is -2.32. The maximum atomic E-state index is 10.7. The van der Waals surface area contributed by atoms with Crippen LogP contribution < -0.4 is 5.32 Å². The van der Waals surface area contributed by atoms with E-state index in [9.17, 15) is 14.4 Å². The van der Waals surface area contributed by atoms with E-state index in [-0.39, 0.29) is 11.8 Å². The van der Waals surface area contributed by atoms with Gasteiger partial charge in [0.2, 0.25) is 12.3 Å². The summed E-state index contributed by atoms with van der Waals surface area (Å²) in [6.45, 7) is 10.5. The molecule has 27 heavy (non-hydrogen) atoms. The van der Waals surface area contributed by atoms with Gasteiger partial charge in [-0.25, -0.2) is 0 Å². The number of methoxy groups -OCH3 is 1. The fourth-order valence-electron chi connectivity index (χ4n) is 2.37. The summed E-state index contributed by atoms with van der Waals surface area (Å²) in [5.41, 5.74) is 3.64. The van der Waals surface area contributed by atoms with Gasteiger partial charge in [-0.05, 0) is 44.7 Å². The number of aldehydes is 1. The van der Waals surface area contributed by atoms with Gasteiger partial charge < -0.3 is 19.7 Å². The molecule has 0 spiro atoms. The highest BCUT2D eigenvalue weighted by atomic mass is 16.5. The largest absolute Gasteiger partial charge is 0.385 e. The van der Waals surface area contributed by atoms with Crippen LogP contribution in [-0.2, 0) is 25.7 Å². The molecule has 0 aliphatic carbocycles. The molecule has 0 bridgehead atoms. The van der Waals surface area contributed by atoms with Gasteiger partial charge >= 0.3 is 0 Å². The molecule has 1 saturated heterocycles. The van der Waals surface area contributed by atoms with E-state index in [1.807, 2.05) is 6.92 Å². The van der Waals surface area contributed by atoms with Crippen LogP contribution in [0.1, 0.15) is 43.4 Å². The summed E-state index contributed by atoms with van der Waals surface area (Å²) >= 11 is 0. The van der Waals surface area contributed by atoms with Crippen molar-refractivity contribution in [1.29, 1.82) is 0 Å². The Morgan fingerprint density at radius 3 is 2.30 bits per heavy atom. The van der Waals surface area contributed by atoms with Crippen LogP contribution in [0.2, 0.25) is 0 Å². The summed E-state index contributed by atoms with van der Waals surface area (Å²) in [4.78, 5) is 32.9. The van der Waals surface area contributed by atoms with E-state index in [2.05, 4.69) is 42.1 Å². The van der Waals surface area contributed by atoms with Gasteiger partial charge in [0.1, 0.15) is 6.29 Å². The summed E-state index contributed by atoms with van der Waals surface area (Å²) < 4.78 is 4.54. The number of nitrogens with zero attached hydrogens (tertiary/aromatic N) is 1. The third-order valence-electron chi connectivity index (χ3n) is 4.24. The summed E-state index contributed by atoms with van der Waals surface area (Å²) in [7, 11) is 1.68. The molecule has 0 unspecified atom stereocenters. The number of ether oxygens (including phenoxy) is 1. The van der Waals surface area contributed by atoms with Crippen LogP contribution in [0.25, 0.3) is 0 Å². The number of likely N-dealkylation sites (tertiary alicyclic amines) is 1. The molecule has 1 aromatic rings. The van der Waals surface area contributed by atoms with Crippen LogP contribution in [0.15, 0.2) is 18.2 Å². The van der Waals surface area contributed by atoms with Gasteiger partial charge in [0, 0.05) is 46.2 Å². The van der Waals surface area contributed by atoms with Crippen molar-refractivity contribution < 1.29 is 19.1 Å². The van der Waals surface area contributed by atoms with Crippen LogP contribution >= 0.6 is 0 Å². The van der Waals surface area contributed by atoms with E-state index < -0.39 is 0 Å². The number of hydrogen-bond donors (Lipinski definition) is 1. The lowest BCUT2D eigenvalue weighted by molar-refractivity contribution is -0.121. The highest BCUT2D eigenvalue weighted by Gasteiger charge is 2.16. The third kappa shape index (κ3) is 11.9. The van der Waals surface area contributed by atoms with Gasteiger partial charge in [-0.1, -0.05) is 23.8 Å². The van der Waals surface area contributed by atoms with Crippen molar-refractivity contribution in [2.45, 2.75) is 47.1 Å². The highest BCUT2D eigenvalue weighted by Crippen LogP contribution is 2.12. The zero-order valence-electron chi connectivity index (χ0n) is 17.3. The molecule has 6 nitrogen and oxygen atoms in total. The number of carbonyl (C=O) groups is 3. The fourth-order valence-corrected chi connectivity index (χ4v) is 2.37. The second-order valence-electron chi connectivity index (χ2n) is 6.53. The van der Waals surface area contributed by atoms with Crippen molar-refractivity contribution in [1.82, 2.24) is 10.2 Å². The van der Waals surface area contributed by atoms with Crippen LogP contribution in [-0.4, -0.2) is 50.3 Å². The fraction of sp³-hybridized carbons (Fsp3) is 0.571. The summed E-state index contributed by atoms with van der Waals surface area (Å²) in [5, 5.41) is 2.79. The first-order chi connectivity index (χ1) is 12.9. The molecule has 0 saturated carbocycles. The van der Waals surface area contributed by atoms with Crippen molar-refractivity contribution in [2.75, 3.05) is 26.8 Å². The number of hydrogen-bond acceptors (Lipinski definition) is 4. The second-order valence-corrected chi connectivity index (χ2v) is 6.53. The first kappa shape index (κ1) is 24.8. The third-order valence-corrected chi connectivity index (χ3v) is 4.24. The maximum absolute atomic E-state index is 10.7. The monoisotopic (exact) mass is 378 g/mol. The van der Waals surface area contributed by atoms with Gasteiger partial charge in [0.05, 0.1) is 0 Å². The normalized spacial score (nSPS) is 13.4. The summed E-state index contributed by atoms with van der Waals surface area (Å²) in [6.07, 6.45) is 3.51. The predicted octanol–water partition coefficient (Wildman–Crippen LogP) is 2.65. The minimum Gasteiger partial charge on any atom is -0.385 e. The lowest BCUT2D eigenvalue weighted by Gasteiger charge is -2.25. The minimum atomic E-state index is 0.0147. The van der Waals surface area contributed by atoms with Crippen LogP contribution in [0.5, 0.6) is 0 Å². The van der Waals surface area contributed by atoms with E-state index >= 15 is 0 Å². The first-order valence-electron chi connectivity index (χ1n) is 9.32. The SMILES string of the molecule is CC(=O)NCc1cc(C)ccc1C.CCOC.O=CC1CCN(C=O)CC1. The molecule has 1 aliphatic heterocycles. The Labute approximate surface area is 163 Å². The van der Waals surface area contributed by atoms with Crippen LogP contribution in [0.4, 0.5) is 0 Å². The van der Waals surface area contributed by atoms with E-state index in [1.54, 1.807) is 12.0 Å². The molecular formula is C21H34N2O4. The molecule has 1 aromatic carbocycles. The molecule has 0 radical (unpaired) electrons. The van der Waals surface area contributed by atoms with Gasteiger partial charge in [-0.2, -0.15) is 0 Å². The van der Waals surface area contributed by atoms with Crippen LogP contribution in [0, 0.1) is 19.8 Å². The Balaban J connectivity index is 0.000000428. The van der Waals surface area contributed by atoms with Gasteiger partial charge in [0.25, 0.3) is 0 Å². The smallest absolute Gasteiger partial charge is 0.217 e. The number of rotatable bonds is 5. The van der Waals surface area contributed by atoms with E-state index in [4.69, 9.17) is 0 Å². The highest BCUT2D eigenvalue weighted by molar-refractivity contribution is 5.72. The predicted molar refractivity (Wildman–Crippen MR) is 107 cm³/mol. The minimum absolute atomic E-state index is 0.0147. The number of amides is 2. The van der Waals surface area contributed by atoms with Gasteiger partial charge in [-0.15, -0.1) is 0 Å². The summed E-state index contributed by atoms with van der Waals surface area (Å²) in [6, 6.07) is 6.25. The quantitative estimate of drug-likeness (QED) is 0.799. The van der Waals surface area contributed by atoms with Crippen molar-refractivity contribution in [3.05, 3.63) is 34.9 Å². The van der Waals surface area contributed by atoms with Crippen molar-refractivity contribution >= 4 is 18.6 Å². The summed E-state index contributed by atoms with van der Waals surface area (Å²) in [5.74, 6) is 0.206. The Hall–Kier alpha value is -2.21. The standard InChI is InChI=1S/C11H15NO.C7H11NO2.C3H8O/c1-8-4-5-9(2)11(6-8)7-12-10(3)13;9-5-7-1-3-8(6-10)4-2-7;1-3-4-2/h4-6H,7H2,1-3H3,(H,12,13);5-7H,1-4H2;3H2,1-2H3. The Kier molecular flexibility index (Phi) is 13.7. The number of carbonyl (C=O) groups excluding carboxylic acids is 3. The molecule has 152 valence electrons. The average Bonchev–Trinajstić information content (AvgIpc) is 2.69. The number of benzene rings is 1. The number of nitrogens with one attached hydrogen (secondary N) is 1. The van der Waals surface area contributed by atoms with Crippen LogP contribution in [0.3, 0.4) is 0 Å². The average molecular weight is 379 g/mol. The Bertz CT molecular complexity index is 549. The van der Waals surface area contributed by atoms with Crippen molar-refractivity contribution in [2.24, 2.45) is 5.92 Å². The molecule has 2 rings (SSSR count). The Morgan fingerprint density at radius 1 is 1.26 bits per heavy atom. The molecule has 1 fully saturated rings. The number of aryl methyl sites for hydroxylation is 2. The number of piperidine rings is 1. The molecular weight excluding hydrogens is 344 g/mol. The Morgan fingerprint density at radius 2 is 1.85 bits per heavy atom. The first-order valence-corrected chi connectivity index (χ1v) is 9.32. The molecule has 1 aliphatic rings. The zero-order valence-corrected chi connectivity index (χ0v) is 17.3. The molecule has 0 aromatic heterocycles. The van der Waals surface area contributed by atoms with Crippen molar-refractivity contribution in [3.63, 3.8) is 0 Å². The van der Waals surface area contributed by atoms with E-state index in [0.717, 1.165) is 45.2 Å². The second kappa shape index (κ2) is 14.9. The molecule has 2 amide bonds. The topological polar surface area (TPSA) is 75.7 Å². The zero-order chi connectivity index (χ0) is 20.7. The van der Waals surface area contributed by atoms with Gasteiger partial charge in [-0.3, -0.25) is 9.59 Å². The molecule has 1 N–H and O–H groups in total. The van der Waals surface area contributed by atoms with E-state index in [1.165, 1.54) is 23.6 Å². The van der Waals surface area contributed by atoms with Crippen molar-refractivity contribution in [3.8, 4) is 0 Å². The molecule has 0 atom stereocenters. The van der Waals surface area contributed by atoms with Gasteiger partial charge in [0.15, 0.2) is 0 Å². The maximum Gasteiger partial charge on any atom is 0.217 e. The van der Waals surface area contributed by atoms with E-state index in [0.29, 0.717) is 6.54 Å². The molecule has 6 heteroatoms. The lowest BCUT2D eigenvalue weighted by atomic mass is 9.99.